The molecule has 190 valence electrons. The Labute approximate surface area is 215 Å². The van der Waals surface area contributed by atoms with E-state index in [0.717, 1.165) is 48.6 Å². The normalized spacial score (nSPS) is 14.8. The number of anilines is 1. The number of nitrogens with zero attached hydrogens (tertiary/aromatic N) is 1. The van der Waals surface area contributed by atoms with Gasteiger partial charge in [0.1, 0.15) is 17.6 Å². The molecule has 3 aromatic carbocycles. The number of aromatic hydroxyl groups is 1. The lowest BCUT2D eigenvalue weighted by Crippen LogP contribution is -2.48. The predicted molar refractivity (Wildman–Crippen MR) is 142 cm³/mol. The van der Waals surface area contributed by atoms with Crippen LogP contribution in [-0.2, 0) is 16.0 Å². The summed E-state index contributed by atoms with van der Waals surface area (Å²) in [4.78, 5) is 32.3. The fraction of sp³-hybridized carbons (Fsp3) is 0.267. The number of aromatic amines is 1. The highest BCUT2D eigenvalue weighted by molar-refractivity contribution is 6.03. The number of H-pyrrole nitrogens is 1. The van der Waals surface area contributed by atoms with Gasteiger partial charge in [-0.2, -0.15) is 0 Å². The zero-order valence-corrected chi connectivity index (χ0v) is 20.5. The van der Waals surface area contributed by atoms with Crippen molar-refractivity contribution in [3.8, 4) is 5.75 Å². The van der Waals surface area contributed by atoms with Gasteiger partial charge in [-0.1, -0.05) is 61.7 Å². The largest absolute Gasteiger partial charge is 0.508 e. The highest BCUT2D eigenvalue weighted by atomic mass is 19.1. The number of carbonyl (C=O) groups excluding carboxylic acids is 2. The summed E-state index contributed by atoms with van der Waals surface area (Å²) in [6.07, 6.45) is 6.70. The molecule has 0 saturated heterocycles. The van der Waals surface area contributed by atoms with E-state index in [1.165, 1.54) is 29.2 Å². The molecule has 1 heterocycles. The van der Waals surface area contributed by atoms with Gasteiger partial charge < -0.3 is 15.4 Å². The van der Waals surface area contributed by atoms with Gasteiger partial charge >= 0.3 is 0 Å². The van der Waals surface area contributed by atoms with Gasteiger partial charge in [0.2, 0.25) is 11.8 Å². The van der Waals surface area contributed by atoms with Crippen LogP contribution in [-0.4, -0.2) is 27.9 Å². The third-order valence-electron chi connectivity index (χ3n) is 7.06. The Morgan fingerprint density at radius 2 is 1.68 bits per heavy atom. The minimum atomic E-state index is -1.11. The average Bonchev–Trinajstić information content (AvgIpc) is 3.31. The average molecular weight is 500 g/mol. The molecule has 1 fully saturated rings. The zero-order chi connectivity index (χ0) is 25.8. The van der Waals surface area contributed by atoms with Gasteiger partial charge in [-0.05, 0) is 54.3 Å². The van der Waals surface area contributed by atoms with Gasteiger partial charge in [-0.15, -0.1) is 0 Å². The number of amides is 2. The Hall–Kier alpha value is -4.13. The topological polar surface area (TPSA) is 85.4 Å². The number of rotatable bonds is 7. The molecular weight excluding hydrogens is 469 g/mol. The zero-order valence-electron chi connectivity index (χ0n) is 20.5. The lowest BCUT2D eigenvalue weighted by molar-refractivity contribution is -0.127. The Morgan fingerprint density at radius 1 is 0.973 bits per heavy atom. The molecule has 6 nitrogen and oxygen atoms in total. The number of phenols is 1. The Balaban J connectivity index is 1.57. The van der Waals surface area contributed by atoms with E-state index in [9.17, 15) is 14.7 Å². The summed E-state index contributed by atoms with van der Waals surface area (Å²) in [6.45, 7) is 0. The lowest BCUT2D eigenvalue weighted by Gasteiger charge is -2.33. The second kappa shape index (κ2) is 10.9. The van der Waals surface area contributed by atoms with Crippen molar-refractivity contribution in [2.24, 2.45) is 0 Å². The Bertz CT molecular complexity index is 1390. The second-order valence-electron chi connectivity index (χ2n) is 9.59. The molecule has 1 aliphatic carbocycles. The number of phenolic OH excluding ortho intramolecular Hbond substituents is 1. The Morgan fingerprint density at radius 3 is 2.43 bits per heavy atom. The van der Waals surface area contributed by atoms with Crippen molar-refractivity contribution in [2.45, 2.75) is 50.6 Å². The first-order valence-corrected chi connectivity index (χ1v) is 12.7. The first-order chi connectivity index (χ1) is 18.0. The molecule has 0 spiro atoms. The van der Waals surface area contributed by atoms with Crippen LogP contribution in [0.15, 0.2) is 79.0 Å². The van der Waals surface area contributed by atoms with Crippen LogP contribution in [0.5, 0.6) is 5.75 Å². The molecule has 1 saturated carbocycles. The van der Waals surface area contributed by atoms with Gasteiger partial charge in [0, 0.05) is 23.1 Å². The first-order valence-electron chi connectivity index (χ1n) is 12.7. The molecule has 0 aliphatic heterocycles. The van der Waals surface area contributed by atoms with Crippen LogP contribution in [0, 0.1) is 5.82 Å². The van der Waals surface area contributed by atoms with Crippen molar-refractivity contribution in [1.82, 2.24) is 10.3 Å². The molecule has 1 unspecified atom stereocenters. The van der Waals surface area contributed by atoms with Crippen molar-refractivity contribution < 1.29 is 19.1 Å². The first kappa shape index (κ1) is 24.6. The monoisotopic (exact) mass is 499 g/mol. The van der Waals surface area contributed by atoms with Crippen LogP contribution in [0.1, 0.15) is 49.3 Å². The van der Waals surface area contributed by atoms with Crippen molar-refractivity contribution >= 4 is 28.4 Å². The molecule has 1 aromatic heterocycles. The maximum atomic E-state index is 15.2. The molecule has 0 bridgehead atoms. The summed E-state index contributed by atoms with van der Waals surface area (Å²) in [5, 5.41) is 13.9. The second-order valence-corrected chi connectivity index (χ2v) is 9.59. The number of hydrogen-bond donors (Lipinski definition) is 3. The number of hydrogen-bond acceptors (Lipinski definition) is 3. The number of carbonyl (C=O) groups is 2. The molecular formula is C30H30FN3O3. The van der Waals surface area contributed by atoms with E-state index in [0.29, 0.717) is 5.56 Å². The van der Waals surface area contributed by atoms with Gasteiger partial charge in [-0.25, -0.2) is 4.39 Å². The van der Waals surface area contributed by atoms with Crippen molar-refractivity contribution in [1.29, 1.82) is 0 Å². The standard InChI is InChI=1S/C30H30FN3O3/c31-25-11-5-7-13-27(25)34(28(36)18-21-19-32-26-12-6-4-10-24(21)26)29(20-14-16-23(35)17-15-20)30(37)33-22-8-2-1-3-9-22/h4-7,10-17,19,22,29,32,35H,1-3,8-9,18H2,(H,33,37). The number of aromatic nitrogens is 1. The molecule has 37 heavy (non-hydrogen) atoms. The lowest BCUT2D eigenvalue weighted by atomic mass is 9.94. The van der Waals surface area contributed by atoms with Crippen molar-refractivity contribution in [2.75, 3.05) is 4.90 Å². The van der Waals surface area contributed by atoms with Crippen LogP contribution in [0.3, 0.4) is 0 Å². The van der Waals surface area contributed by atoms with Crippen LogP contribution in [0.4, 0.5) is 10.1 Å². The summed E-state index contributed by atoms with van der Waals surface area (Å²) >= 11 is 0. The maximum Gasteiger partial charge on any atom is 0.248 e. The van der Waals surface area contributed by atoms with E-state index in [4.69, 9.17) is 0 Å². The minimum Gasteiger partial charge on any atom is -0.508 e. The van der Waals surface area contributed by atoms with Crippen LogP contribution in [0.25, 0.3) is 10.9 Å². The minimum absolute atomic E-state index is 0.00653. The predicted octanol–water partition coefficient (Wildman–Crippen LogP) is 5.78. The van der Waals surface area contributed by atoms with Gasteiger partial charge in [0.25, 0.3) is 0 Å². The third kappa shape index (κ3) is 5.35. The van der Waals surface area contributed by atoms with E-state index in [1.54, 1.807) is 30.5 Å². The van der Waals surface area contributed by atoms with Crippen LogP contribution in [0.2, 0.25) is 0 Å². The molecule has 1 aliphatic rings. The van der Waals surface area contributed by atoms with E-state index in [1.807, 2.05) is 24.3 Å². The fourth-order valence-electron chi connectivity index (χ4n) is 5.19. The van der Waals surface area contributed by atoms with Crippen LogP contribution >= 0.6 is 0 Å². The van der Waals surface area contributed by atoms with Crippen LogP contribution < -0.4 is 10.2 Å². The number of nitrogens with one attached hydrogen (secondary N) is 2. The number of fused-ring (bicyclic) bond motifs is 1. The number of halogens is 1. The van der Waals surface area contributed by atoms with E-state index < -0.39 is 17.8 Å². The third-order valence-corrected chi connectivity index (χ3v) is 7.06. The highest BCUT2D eigenvalue weighted by Crippen LogP contribution is 2.33. The molecule has 3 N–H and O–H groups in total. The molecule has 5 rings (SSSR count). The SMILES string of the molecule is O=C(NC1CCCCC1)C(c1ccc(O)cc1)N(C(=O)Cc1c[nH]c2ccccc12)c1ccccc1F. The van der Waals surface area contributed by atoms with Gasteiger partial charge in [-0.3, -0.25) is 14.5 Å². The van der Waals surface area contributed by atoms with Gasteiger partial charge in [0.15, 0.2) is 0 Å². The quantitative estimate of drug-likeness (QED) is 0.301. The Kier molecular flexibility index (Phi) is 7.21. The molecule has 7 heteroatoms. The summed E-state index contributed by atoms with van der Waals surface area (Å²) in [5.41, 5.74) is 2.18. The fourth-order valence-corrected chi connectivity index (χ4v) is 5.19. The maximum absolute atomic E-state index is 15.2. The van der Waals surface area contributed by atoms with E-state index in [2.05, 4.69) is 10.3 Å². The summed E-state index contributed by atoms with van der Waals surface area (Å²) in [5.74, 6) is -1.33. The summed E-state index contributed by atoms with van der Waals surface area (Å²) in [7, 11) is 0. The van der Waals surface area contributed by atoms with E-state index in [-0.39, 0.29) is 29.8 Å². The van der Waals surface area contributed by atoms with E-state index >= 15 is 4.39 Å². The van der Waals surface area contributed by atoms with Gasteiger partial charge in [0.05, 0.1) is 12.1 Å². The molecule has 4 aromatic rings. The number of benzene rings is 3. The van der Waals surface area contributed by atoms with Crippen molar-refractivity contribution in [3.05, 3.63) is 95.9 Å². The molecule has 0 radical (unpaired) electrons. The highest BCUT2D eigenvalue weighted by Gasteiger charge is 2.35. The molecule has 1 atom stereocenters. The van der Waals surface area contributed by atoms with Crippen molar-refractivity contribution in [3.63, 3.8) is 0 Å². The smallest absolute Gasteiger partial charge is 0.248 e. The summed E-state index contributed by atoms with van der Waals surface area (Å²) in [6, 6.07) is 18.7. The summed E-state index contributed by atoms with van der Waals surface area (Å²) < 4.78 is 15.2. The number of para-hydroxylation sites is 2. The molecule has 2 amide bonds.